The summed E-state index contributed by atoms with van der Waals surface area (Å²) in [4.78, 5) is 70.4. The van der Waals surface area contributed by atoms with Gasteiger partial charge in [-0.2, -0.15) is 0 Å². The fraction of sp³-hybridized carbons (Fsp3) is 0.436. The number of amides is 4. The van der Waals surface area contributed by atoms with E-state index in [9.17, 15) is 19.2 Å². The lowest BCUT2D eigenvalue weighted by Crippen LogP contribution is -2.54. The average Bonchev–Trinajstić information content (AvgIpc) is 4.00. The van der Waals surface area contributed by atoms with E-state index in [0.29, 0.717) is 38.0 Å². The quantitative estimate of drug-likeness (QED) is 0.148. The minimum Gasteiger partial charge on any atom is -0.453 e. The molecular weight excluding hydrogens is 706 g/mol. The van der Waals surface area contributed by atoms with E-state index in [-0.39, 0.29) is 36.3 Å². The second kappa shape index (κ2) is 17.2. The highest BCUT2D eigenvalue weighted by Gasteiger charge is 2.38. The number of nitrogens with one attached hydrogen (secondary N) is 5. The highest BCUT2D eigenvalue weighted by atomic mass is 16.5. The molecule has 2 saturated heterocycles. The van der Waals surface area contributed by atoms with Crippen LogP contribution in [0.5, 0.6) is 0 Å². The number of ether oxygens (including phenoxy) is 3. The maximum atomic E-state index is 13.6. The summed E-state index contributed by atoms with van der Waals surface area (Å²) in [6.45, 7) is 9.40. The number of nitrogens with zero attached hydrogens (tertiary/aromatic N) is 4. The summed E-state index contributed by atoms with van der Waals surface area (Å²) in [5.74, 6) is 0.543. The first-order chi connectivity index (χ1) is 26.5. The summed E-state index contributed by atoms with van der Waals surface area (Å²) in [5, 5.41) is 8.58. The number of benzene rings is 2. The number of carbonyl (C=O) groups is 4. The van der Waals surface area contributed by atoms with Gasteiger partial charge in [-0.1, -0.05) is 76.2 Å². The van der Waals surface area contributed by atoms with Crippen molar-refractivity contribution >= 4 is 24.0 Å². The largest absolute Gasteiger partial charge is 0.453 e. The van der Waals surface area contributed by atoms with Gasteiger partial charge >= 0.3 is 12.2 Å². The number of carbonyl (C=O) groups excluding carboxylic acids is 4. The normalized spacial score (nSPS) is 18.3. The van der Waals surface area contributed by atoms with Gasteiger partial charge in [0.1, 0.15) is 35.8 Å². The van der Waals surface area contributed by atoms with Crippen molar-refractivity contribution in [3.05, 3.63) is 72.6 Å². The first-order valence-electron chi connectivity index (χ1n) is 18.4. The number of H-pyrrole nitrogens is 2. The van der Waals surface area contributed by atoms with Crippen LogP contribution in [0.25, 0.3) is 33.6 Å². The van der Waals surface area contributed by atoms with Crippen LogP contribution in [0.2, 0.25) is 0 Å². The molecule has 4 aromatic rings. The Labute approximate surface area is 319 Å². The van der Waals surface area contributed by atoms with Crippen molar-refractivity contribution in [2.24, 2.45) is 11.8 Å². The third kappa shape index (κ3) is 8.65. The number of hydrogen-bond acceptors (Lipinski definition) is 10. The molecule has 2 aliphatic rings. The van der Waals surface area contributed by atoms with Crippen LogP contribution in [-0.2, 0) is 23.8 Å². The monoisotopic (exact) mass is 755 g/mol. The zero-order valence-corrected chi connectivity index (χ0v) is 31.9. The van der Waals surface area contributed by atoms with E-state index in [4.69, 9.17) is 14.2 Å². The molecule has 16 heteroatoms. The molecule has 2 aromatic carbocycles. The maximum absolute atomic E-state index is 13.6. The molecule has 2 fully saturated rings. The van der Waals surface area contributed by atoms with Crippen molar-refractivity contribution in [3.63, 3.8) is 0 Å². The van der Waals surface area contributed by atoms with Crippen LogP contribution < -0.4 is 16.0 Å². The van der Waals surface area contributed by atoms with E-state index in [2.05, 4.69) is 35.9 Å². The lowest BCUT2D eigenvalue weighted by molar-refractivity contribution is -0.143. The van der Waals surface area contributed by atoms with Gasteiger partial charge in [0, 0.05) is 13.1 Å². The first kappa shape index (κ1) is 39.0. The third-order valence-corrected chi connectivity index (χ3v) is 10.0. The Morgan fingerprint density at radius 1 is 0.709 bits per heavy atom. The van der Waals surface area contributed by atoms with Crippen molar-refractivity contribution in [1.29, 1.82) is 0 Å². The Hall–Kier alpha value is -5.74. The number of hydrogen-bond donors (Lipinski definition) is 5. The summed E-state index contributed by atoms with van der Waals surface area (Å²) >= 11 is 0. The number of methoxy groups -OCH3 is 2. The Morgan fingerprint density at radius 2 is 1.16 bits per heavy atom. The number of rotatable bonds is 11. The predicted molar refractivity (Wildman–Crippen MR) is 203 cm³/mol. The summed E-state index contributed by atoms with van der Waals surface area (Å²) in [6.07, 6.45) is 2.21. The molecule has 4 amide bonds. The average molecular weight is 756 g/mol. The minimum atomic E-state index is -0.749. The number of aromatic amines is 2. The topological polar surface area (TPSA) is 196 Å². The Morgan fingerprint density at radius 3 is 1.64 bits per heavy atom. The highest BCUT2D eigenvalue weighted by molar-refractivity contribution is 5.87. The molecule has 2 unspecified atom stereocenters. The van der Waals surface area contributed by atoms with Crippen LogP contribution in [0.4, 0.5) is 9.59 Å². The lowest BCUT2D eigenvalue weighted by Gasteiger charge is -2.37. The molecule has 0 radical (unpaired) electrons. The zero-order chi connectivity index (χ0) is 39.2. The number of morpholine rings is 1. The molecular formula is C39H49N9O7. The van der Waals surface area contributed by atoms with Crippen LogP contribution in [0, 0.1) is 11.8 Å². The minimum absolute atomic E-state index is 0.136. The molecule has 4 atom stereocenters. The summed E-state index contributed by atoms with van der Waals surface area (Å²) in [6, 6.07) is 14.0. The van der Waals surface area contributed by atoms with Crippen LogP contribution in [-0.4, -0.2) is 113 Å². The first-order valence-corrected chi connectivity index (χ1v) is 18.4. The Kier molecular flexibility index (Phi) is 12.2. The van der Waals surface area contributed by atoms with E-state index in [1.807, 2.05) is 76.2 Å². The van der Waals surface area contributed by atoms with E-state index in [1.54, 1.807) is 22.2 Å². The van der Waals surface area contributed by atoms with Gasteiger partial charge in [0.25, 0.3) is 0 Å². The van der Waals surface area contributed by atoms with Gasteiger partial charge in [-0.3, -0.25) is 14.9 Å². The Balaban J connectivity index is 1.11. The standard InChI is InChI=1S/C39H49N9O7/c1-22(2)32(45-38(51)53-5)36(49)47-15-16-55-20-31(47)35-42-18-29(44-35)27-13-9-25(10-14-27)24-7-11-26(12-8-24)28-17-41-34(43-28)30-19-40-21-48(30)37(50)33(23(3)4)46-39(52)54-6/h7-14,17-18,22-23,30-33,40H,15-16,19-21H2,1-6H3,(H,41,43)(H,42,44)(H,45,51)(H,46,52)/t30?,31?,32-,33-/m0/s1. The van der Waals surface area contributed by atoms with Gasteiger partial charge in [-0.25, -0.2) is 19.6 Å². The summed E-state index contributed by atoms with van der Waals surface area (Å²) < 4.78 is 15.2. The molecule has 16 nitrogen and oxygen atoms in total. The molecule has 292 valence electrons. The highest BCUT2D eigenvalue weighted by Crippen LogP contribution is 2.31. The van der Waals surface area contributed by atoms with Gasteiger partial charge in [-0.05, 0) is 34.1 Å². The fourth-order valence-corrected chi connectivity index (χ4v) is 6.86. The molecule has 4 heterocycles. The van der Waals surface area contributed by atoms with Crippen LogP contribution in [0.15, 0.2) is 60.9 Å². The van der Waals surface area contributed by atoms with Crippen LogP contribution in [0.3, 0.4) is 0 Å². The molecule has 2 aliphatic heterocycles. The van der Waals surface area contributed by atoms with Crippen molar-refractivity contribution in [3.8, 4) is 33.6 Å². The smallest absolute Gasteiger partial charge is 0.407 e. The second-order valence-electron chi connectivity index (χ2n) is 14.3. The third-order valence-electron chi connectivity index (χ3n) is 10.0. The van der Waals surface area contributed by atoms with Gasteiger partial charge in [-0.15, -0.1) is 0 Å². The van der Waals surface area contributed by atoms with Gasteiger partial charge in [0.2, 0.25) is 11.8 Å². The van der Waals surface area contributed by atoms with Crippen molar-refractivity contribution in [2.45, 2.75) is 51.9 Å². The van der Waals surface area contributed by atoms with Gasteiger partial charge < -0.3 is 44.6 Å². The van der Waals surface area contributed by atoms with Gasteiger partial charge in [0.15, 0.2) is 0 Å². The molecule has 5 N–H and O–H groups in total. The van der Waals surface area contributed by atoms with E-state index < -0.39 is 30.3 Å². The van der Waals surface area contributed by atoms with Gasteiger partial charge in [0.05, 0.1) is 57.9 Å². The molecule has 6 rings (SSSR count). The van der Waals surface area contributed by atoms with Crippen LogP contribution >= 0.6 is 0 Å². The second-order valence-corrected chi connectivity index (χ2v) is 14.3. The molecule has 2 aromatic heterocycles. The summed E-state index contributed by atoms with van der Waals surface area (Å²) in [7, 11) is 2.55. The number of alkyl carbamates (subject to hydrolysis) is 2. The SMILES string of the molecule is COC(=O)N[C@H](C(=O)N1CCOCC1c1ncc(-c2ccc(-c3ccc(-c4cnc(C5CNCN5C(=O)[C@@H](NC(=O)OC)C(C)C)[nH]4)cc3)cc2)[nH]1)C(C)C. The molecule has 0 bridgehead atoms. The number of aromatic nitrogens is 4. The van der Waals surface area contributed by atoms with E-state index in [1.165, 1.54) is 14.2 Å². The number of imidazole rings is 2. The molecule has 0 spiro atoms. The molecule has 55 heavy (non-hydrogen) atoms. The van der Waals surface area contributed by atoms with Crippen LogP contribution in [0.1, 0.15) is 51.4 Å². The van der Waals surface area contributed by atoms with Crippen molar-refractivity contribution in [2.75, 3.05) is 47.2 Å². The predicted octanol–water partition coefficient (Wildman–Crippen LogP) is 4.23. The van der Waals surface area contributed by atoms with Crippen molar-refractivity contribution < 1.29 is 33.4 Å². The fourth-order valence-electron chi connectivity index (χ4n) is 6.86. The zero-order valence-electron chi connectivity index (χ0n) is 31.9. The van der Waals surface area contributed by atoms with Crippen molar-refractivity contribution in [1.82, 2.24) is 45.7 Å². The summed E-state index contributed by atoms with van der Waals surface area (Å²) in [5.41, 5.74) is 5.56. The lowest BCUT2D eigenvalue weighted by atomic mass is 10.0. The molecule has 0 aliphatic carbocycles. The maximum Gasteiger partial charge on any atom is 0.407 e. The van der Waals surface area contributed by atoms with E-state index in [0.717, 1.165) is 33.6 Å². The van der Waals surface area contributed by atoms with E-state index >= 15 is 0 Å². The molecule has 0 saturated carbocycles. The Bertz CT molecular complexity index is 1960.